The molecule has 0 spiro atoms. The molecule has 0 fully saturated rings. The number of benzene rings is 8. The molecule has 0 saturated carbocycles. The first-order valence-electron chi connectivity index (χ1n) is 16.6. The van der Waals surface area contributed by atoms with Gasteiger partial charge in [-0.15, -0.1) is 0 Å². The van der Waals surface area contributed by atoms with Gasteiger partial charge >= 0.3 is 0 Å². The van der Waals surface area contributed by atoms with Gasteiger partial charge in [-0.25, -0.2) is 9.97 Å². The smallest absolute Gasteiger partial charge is 0.161 e. The predicted octanol–water partition coefficient (Wildman–Crippen LogP) is 12.5. The molecule has 0 atom stereocenters. The Kier molecular flexibility index (Phi) is 6.18. The molecule has 3 heteroatoms. The third-order valence-electron chi connectivity index (χ3n) is 9.69. The summed E-state index contributed by atoms with van der Waals surface area (Å²) in [6.07, 6.45) is 0. The van der Waals surface area contributed by atoms with Crippen LogP contribution in [0.3, 0.4) is 0 Å². The highest BCUT2D eigenvalue weighted by molar-refractivity contribution is 6.19. The van der Waals surface area contributed by atoms with Gasteiger partial charge in [0, 0.05) is 32.7 Å². The molecule has 8 aromatic carbocycles. The van der Waals surface area contributed by atoms with Crippen molar-refractivity contribution in [1.82, 2.24) is 9.97 Å². The second-order valence-electron chi connectivity index (χ2n) is 12.5. The van der Waals surface area contributed by atoms with Crippen molar-refractivity contribution in [3.8, 4) is 44.9 Å². The van der Waals surface area contributed by atoms with Crippen molar-refractivity contribution < 1.29 is 4.42 Å². The van der Waals surface area contributed by atoms with Crippen molar-refractivity contribution in [2.24, 2.45) is 0 Å². The average Bonchev–Trinajstić information content (AvgIpc) is 3.55. The second kappa shape index (κ2) is 11.0. The molecule has 0 aliphatic rings. The highest BCUT2D eigenvalue weighted by Crippen LogP contribution is 2.41. The fraction of sp³-hybridized carbons (Fsp3) is 0. The number of rotatable bonds is 4. The van der Waals surface area contributed by atoms with E-state index in [1.807, 2.05) is 12.1 Å². The summed E-state index contributed by atoms with van der Waals surface area (Å²) in [6.45, 7) is 0. The van der Waals surface area contributed by atoms with Gasteiger partial charge in [-0.05, 0) is 62.7 Å². The zero-order valence-corrected chi connectivity index (χ0v) is 26.5. The summed E-state index contributed by atoms with van der Waals surface area (Å²) in [5.41, 5.74) is 10.3. The maximum Gasteiger partial charge on any atom is 0.161 e. The van der Waals surface area contributed by atoms with E-state index in [1.54, 1.807) is 0 Å². The summed E-state index contributed by atoms with van der Waals surface area (Å²) in [5, 5.41) is 7.75. The molecule has 10 aromatic rings. The summed E-state index contributed by atoms with van der Waals surface area (Å²) >= 11 is 0. The lowest BCUT2D eigenvalue weighted by molar-refractivity contribution is 0.673. The van der Waals surface area contributed by atoms with Gasteiger partial charge in [0.25, 0.3) is 0 Å². The second-order valence-corrected chi connectivity index (χ2v) is 12.5. The van der Waals surface area contributed by atoms with Crippen molar-refractivity contribution in [3.05, 3.63) is 170 Å². The fourth-order valence-corrected chi connectivity index (χ4v) is 7.30. The van der Waals surface area contributed by atoms with E-state index < -0.39 is 0 Å². The van der Waals surface area contributed by atoms with Crippen LogP contribution in [-0.2, 0) is 0 Å². The molecule has 0 aliphatic carbocycles. The van der Waals surface area contributed by atoms with Crippen molar-refractivity contribution in [3.63, 3.8) is 0 Å². The Morgan fingerprint density at radius 2 is 1.04 bits per heavy atom. The lowest BCUT2D eigenvalue weighted by Crippen LogP contribution is -1.96. The highest BCUT2D eigenvalue weighted by atomic mass is 16.3. The van der Waals surface area contributed by atoms with Crippen LogP contribution in [0.2, 0.25) is 0 Å². The van der Waals surface area contributed by atoms with E-state index in [4.69, 9.17) is 14.4 Å². The molecule has 2 heterocycles. The summed E-state index contributed by atoms with van der Waals surface area (Å²) < 4.78 is 6.62. The van der Waals surface area contributed by atoms with Crippen molar-refractivity contribution in [2.75, 3.05) is 0 Å². The monoisotopic (exact) mass is 624 g/mol. The van der Waals surface area contributed by atoms with E-state index in [9.17, 15) is 0 Å². The first kappa shape index (κ1) is 27.5. The quantitative estimate of drug-likeness (QED) is 0.196. The van der Waals surface area contributed by atoms with Crippen LogP contribution in [0, 0.1) is 0 Å². The molecule has 0 saturated heterocycles. The number of furan rings is 1. The number of aromatic nitrogens is 2. The zero-order valence-electron chi connectivity index (χ0n) is 26.5. The maximum atomic E-state index is 6.62. The van der Waals surface area contributed by atoms with Crippen LogP contribution in [0.4, 0.5) is 0 Å². The number of para-hydroxylation sites is 1. The van der Waals surface area contributed by atoms with Crippen LogP contribution in [0.15, 0.2) is 174 Å². The van der Waals surface area contributed by atoms with Gasteiger partial charge < -0.3 is 4.42 Å². The van der Waals surface area contributed by atoms with E-state index in [0.29, 0.717) is 5.82 Å². The normalized spacial score (nSPS) is 11.7. The molecule has 0 aliphatic heterocycles. The van der Waals surface area contributed by atoms with Crippen LogP contribution in [0.1, 0.15) is 0 Å². The van der Waals surface area contributed by atoms with Crippen LogP contribution in [0.5, 0.6) is 0 Å². The van der Waals surface area contributed by atoms with Crippen LogP contribution in [0.25, 0.3) is 99.3 Å². The SMILES string of the molecule is c1ccc(-c2ccc3c(c2)oc2c4ccccc4c(-c4nc(-c5ccc(-c6cccc7ccccc67)cc5)c5ccccc5n4)cc32)cc1. The van der Waals surface area contributed by atoms with Crippen molar-refractivity contribution in [2.45, 2.75) is 0 Å². The molecule has 0 unspecified atom stereocenters. The average molecular weight is 625 g/mol. The maximum absolute atomic E-state index is 6.62. The molecular formula is C46H28N2O. The molecule has 49 heavy (non-hydrogen) atoms. The molecule has 0 radical (unpaired) electrons. The minimum Gasteiger partial charge on any atom is -0.455 e. The Balaban J connectivity index is 1.15. The first-order valence-corrected chi connectivity index (χ1v) is 16.6. The van der Waals surface area contributed by atoms with E-state index in [0.717, 1.165) is 71.6 Å². The van der Waals surface area contributed by atoms with Crippen molar-refractivity contribution in [1.29, 1.82) is 0 Å². The lowest BCUT2D eigenvalue weighted by Gasteiger charge is -2.12. The molecule has 2 aromatic heterocycles. The van der Waals surface area contributed by atoms with E-state index >= 15 is 0 Å². The third-order valence-corrected chi connectivity index (χ3v) is 9.69. The standard InChI is InChI=1S/C46H28N2O/c1-2-11-29(12-3-1)33-25-26-37-40-28-41(36-16-6-7-17-38(36)45(40)49-43(37)27-33)46-47-42-20-9-8-18-39(42)44(48-46)32-23-21-31(22-24-32)35-19-10-14-30-13-4-5-15-34(30)35/h1-28H. The Hall–Kier alpha value is -6.58. The summed E-state index contributed by atoms with van der Waals surface area (Å²) in [5.74, 6) is 0.695. The van der Waals surface area contributed by atoms with Gasteiger partial charge in [-0.3, -0.25) is 0 Å². The first-order chi connectivity index (χ1) is 24.3. The topological polar surface area (TPSA) is 38.9 Å². The molecule has 0 bridgehead atoms. The Bertz CT molecular complexity index is 2860. The largest absolute Gasteiger partial charge is 0.455 e. The molecule has 0 N–H and O–H groups in total. The highest BCUT2D eigenvalue weighted by Gasteiger charge is 2.19. The van der Waals surface area contributed by atoms with Gasteiger partial charge in [0.2, 0.25) is 0 Å². The molecule has 228 valence electrons. The molecule has 10 rings (SSSR count). The van der Waals surface area contributed by atoms with E-state index in [-0.39, 0.29) is 0 Å². The molecule has 0 amide bonds. The Labute approximate surface area is 282 Å². The molecule has 3 nitrogen and oxygen atoms in total. The van der Waals surface area contributed by atoms with Gasteiger partial charge in [-0.1, -0.05) is 146 Å². The lowest BCUT2D eigenvalue weighted by atomic mass is 9.96. The van der Waals surface area contributed by atoms with Crippen LogP contribution >= 0.6 is 0 Å². The minimum absolute atomic E-state index is 0.695. The fourth-order valence-electron chi connectivity index (χ4n) is 7.30. The van der Waals surface area contributed by atoms with Crippen molar-refractivity contribution >= 4 is 54.4 Å². The summed E-state index contributed by atoms with van der Waals surface area (Å²) in [4.78, 5) is 10.5. The van der Waals surface area contributed by atoms with Crippen LogP contribution in [-0.4, -0.2) is 9.97 Å². The van der Waals surface area contributed by atoms with Gasteiger partial charge in [0.15, 0.2) is 5.82 Å². The minimum atomic E-state index is 0.695. The Morgan fingerprint density at radius 1 is 0.367 bits per heavy atom. The van der Waals surface area contributed by atoms with E-state index in [1.165, 1.54) is 21.9 Å². The predicted molar refractivity (Wildman–Crippen MR) is 204 cm³/mol. The van der Waals surface area contributed by atoms with Gasteiger partial charge in [-0.2, -0.15) is 0 Å². The number of hydrogen-bond donors (Lipinski definition) is 0. The number of fused-ring (bicyclic) bond motifs is 7. The van der Waals surface area contributed by atoms with Gasteiger partial charge in [0.1, 0.15) is 11.2 Å². The number of hydrogen-bond acceptors (Lipinski definition) is 3. The number of nitrogens with zero attached hydrogens (tertiary/aromatic N) is 2. The summed E-state index contributed by atoms with van der Waals surface area (Å²) in [7, 11) is 0. The molecular weight excluding hydrogens is 597 g/mol. The Morgan fingerprint density at radius 3 is 1.90 bits per heavy atom. The zero-order chi connectivity index (χ0) is 32.3. The van der Waals surface area contributed by atoms with Gasteiger partial charge in [0.05, 0.1) is 11.2 Å². The summed E-state index contributed by atoms with van der Waals surface area (Å²) in [6, 6.07) is 59.6. The van der Waals surface area contributed by atoms with E-state index in [2.05, 4.69) is 158 Å². The van der Waals surface area contributed by atoms with Crippen LogP contribution < -0.4 is 0 Å². The third kappa shape index (κ3) is 4.51.